The van der Waals surface area contributed by atoms with Crippen molar-refractivity contribution in [2.24, 2.45) is 0 Å². The lowest BCUT2D eigenvalue weighted by Gasteiger charge is -2.34. The fourth-order valence-corrected chi connectivity index (χ4v) is 7.20. The maximum absolute atomic E-state index is 14.7. The minimum atomic E-state index is -4.28. The van der Waals surface area contributed by atoms with Crippen molar-refractivity contribution < 1.29 is 22.7 Å². The van der Waals surface area contributed by atoms with Crippen LogP contribution < -0.4 is 14.4 Å². The molecule has 4 aromatic rings. The maximum Gasteiger partial charge on any atom is 0.264 e. The van der Waals surface area contributed by atoms with E-state index in [4.69, 9.17) is 16.3 Å². The Kier molecular flexibility index (Phi) is 13.4. The van der Waals surface area contributed by atoms with E-state index in [0.717, 1.165) is 14.8 Å². The molecule has 0 aliphatic heterocycles. The Labute approximate surface area is 293 Å². The zero-order chi connectivity index (χ0) is 34.7. The molecule has 1 N–H and O–H groups in total. The number of carbonyl (C=O) groups is 2. The molecule has 0 saturated carbocycles. The normalized spacial score (nSPS) is 12.5. The van der Waals surface area contributed by atoms with Gasteiger partial charge >= 0.3 is 0 Å². The molecule has 0 spiro atoms. The van der Waals surface area contributed by atoms with Gasteiger partial charge in [-0.05, 0) is 86.2 Å². The van der Waals surface area contributed by atoms with Crippen molar-refractivity contribution in [2.75, 3.05) is 23.7 Å². The van der Waals surface area contributed by atoms with Gasteiger partial charge in [0.25, 0.3) is 10.0 Å². The highest BCUT2D eigenvalue weighted by Crippen LogP contribution is 2.33. The number of sulfonamides is 1. The van der Waals surface area contributed by atoms with Gasteiger partial charge in [-0.3, -0.25) is 13.9 Å². The molecule has 11 heteroatoms. The summed E-state index contributed by atoms with van der Waals surface area (Å²) in [5.74, 6) is -0.583. The van der Waals surface area contributed by atoms with Crippen molar-refractivity contribution in [1.29, 1.82) is 0 Å². The van der Waals surface area contributed by atoms with Crippen LogP contribution in [0.5, 0.6) is 5.75 Å². The predicted molar refractivity (Wildman–Crippen MR) is 194 cm³/mol. The predicted octanol–water partition coefficient (Wildman–Crippen LogP) is 7.21. The molecule has 0 fully saturated rings. The number of benzene rings is 4. The Bertz CT molecular complexity index is 1770. The molecule has 2 unspecified atom stereocenters. The Morgan fingerprint density at radius 1 is 0.896 bits per heavy atom. The lowest BCUT2D eigenvalue weighted by molar-refractivity contribution is -0.140. The Morgan fingerprint density at radius 3 is 2.21 bits per heavy atom. The van der Waals surface area contributed by atoms with Crippen molar-refractivity contribution in [1.82, 2.24) is 10.2 Å². The molecular weight excluding hydrogens is 666 g/mol. The lowest BCUT2D eigenvalue weighted by atomic mass is 10.0. The summed E-state index contributed by atoms with van der Waals surface area (Å²) in [6.45, 7) is 5.40. The Morgan fingerprint density at radius 2 is 1.56 bits per heavy atom. The molecule has 8 nitrogen and oxygen atoms in total. The highest BCUT2D eigenvalue weighted by molar-refractivity contribution is 7.98. The number of hydrogen-bond donors (Lipinski definition) is 1. The van der Waals surface area contributed by atoms with Gasteiger partial charge in [-0.25, -0.2) is 8.42 Å². The third kappa shape index (κ3) is 9.55. The van der Waals surface area contributed by atoms with Gasteiger partial charge in [-0.2, -0.15) is 0 Å². The summed E-state index contributed by atoms with van der Waals surface area (Å²) < 4.78 is 35.8. The molecule has 0 aliphatic carbocycles. The number of nitrogens with zero attached hydrogens (tertiary/aromatic N) is 2. The fourth-order valence-electron chi connectivity index (χ4n) is 5.16. The third-order valence-electron chi connectivity index (χ3n) is 7.87. The summed E-state index contributed by atoms with van der Waals surface area (Å²) in [4.78, 5) is 31.1. The van der Waals surface area contributed by atoms with Crippen LogP contribution in [0.1, 0.15) is 38.3 Å². The number of para-hydroxylation sites is 2. The molecule has 254 valence electrons. The topological polar surface area (TPSA) is 96.0 Å². The third-order valence-corrected chi connectivity index (χ3v) is 10.6. The highest BCUT2D eigenvalue weighted by atomic mass is 35.5. The number of thioether (sulfide) groups is 1. The van der Waals surface area contributed by atoms with Gasteiger partial charge in [-0.15, -0.1) is 11.8 Å². The number of rotatable bonds is 16. The summed E-state index contributed by atoms with van der Waals surface area (Å²) in [5, 5.41) is 3.53. The smallest absolute Gasteiger partial charge is 0.264 e. The molecular formula is C37H42ClN3O5S2. The molecule has 0 saturated heterocycles. The van der Waals surface area contributed by atoms with E-state index < -0.39 is 28.5 Å². The van der Waals surface area contributed by atoms with Gasteiger partial charge < -0.3 is 15.0 Å². The first-order valence-corrected chi connectivity index (χ1v) is 18.9. The molecule has 2 atom stereocenters. The molecule has 4 aromatic carbocycles. The molecule has 0 aromatic heterocycles. The van der Waals surface area contributed by atoms with E-state index in [1.807, 2.05) is 56.5 Å². The average Bonchev–Trinajstić information content (AvgIpc) is 3.09. The van der Waals surface area contributed by atoms with Crippen molar-refractivity contribution in [3.63, 3.8) is 0 Å². The van der Waals surface area contributed by atoms with E-state index in [9.17, 15) is 18.0 Å². The van der Waals surface area contributed by atoms with E-state index in [2.05, 4.69) is 5.32 Å². The number of anilines is 1. The van der Waals surface area contributed by atoms with Crippen LogP contribution in [0.25, 0.3) is 0 Å². The first-order chi connectivity index (χ1) is 23.1. The first kappa shape index (κ1) is 36.8. The number of amides is 2. The van der Waals surface area contributed by atoms with Crippen molar-refractivity contribution >= 4 is 50.9 Å². The summed E-state index contributed by atoms with van der Waals surface area (Å²) in [6, 6.07) is 28.7. The Hall–Kier alpha value is -3.99. The van der Waals surface area contributed by atoms with Crippen LogP contribution in [0.15, 0.2) is 113 Å². The summed E-state index contributed by atoms with van der Waals surface area (Å²) >= 11 is 7.84. The van der Waals surface area contributed by atoms with Gasteiger partial charge in [0.15, 0.2) is 0 Å². The molecule has 0 aliphatic rings. The van der Waals surface area contributed by atoms with Crippen LogP contribution in [0, 0.1) is 0 Å². The standard InChI is InChI=1S/C37H42ClN3O5S2/c1-5-27(3)39-37(43)34(24-28-13-8-7-9-14-28)40(25-29-15-12-16-30(38)23-29)36(42)26-41(33-17-10-11-18-35(33)46-6-2)48(44,45)32-21-19-31(47-4)20-22-32/h7-23,27,34H,5-6,24-26H2,1-4H3,(H,39,43). The maximum atomic E-state index is 14.7. The van der Waals surface area contributed by atoms with E-state index in [1.54, 1.807) is 61.5 Å². The summed E-state index contributed by atoms with van der Waals surface area (Å²) in [6.07, 6.45) is 2.82. The van der Waals surface area contributed by atoms with E-state index in [1.165, 1.54) is 28.8 Å². The second-order valence-corrected chi connectivity index (χ2v) is 14.4. The lowest BCUT2D eigenvalue weighted by Crippen LogP contribution is -2.54. The van der Waals surface area contributed by atoms with E-state index in [0.29, 0.717) is 22.8 Å². The van der Waals surface area contributed by atoms with Crippen molar-refractivity contribution in [2.45, 2.75) is 62.0 Å². The van der Waals surface area contributed by atoms with Crippen LogP contribution in [-0.2, 0) is 32.6 Å². The zero-order valence-electron chi connectivity index (χ0n) is 27.6. The highest BCUT2D eigenvalue weighted by Gasteiger charge is 2.36. The van der Waals surface area contributed by atoms with Gasteiger partial charge in [-0.1, -0.05) is 73.1 Å². The molecule has 48 heavy (non-hydrogen) atoms. The van der Waals surface area contributed by atoms with Crippen LogP contribution in [-0.4, -0.2) is 56.6 Å². The monoisotopic (exact) mass is 707 g/mol. The molecule has 0 radical (unpaired) electrons. The number of hydrogen-bond acceptors (Lipinski definition) is 6. The number of ether oxygens (including phenoxy) is 1. The van der Waals surface area contributed by atoms with Crippen LogP contribution >= 0.6 is 23.4 Å². The zero-order valence-corrected chi connectivity index (χ0v) is 30.0. The van der Waals surface area contributed by atoms with Crippen LogP contribution in [0.3, 0.4) is 0 Å². The van der Waals surface area contributed by atoms with Crippen molar-refractivity contribution in [3.05, 3.63) is 119 Å². The van der Waals surface area contributed by atoms with Crippen molar-refractivity contribution in [3.8, 4) is 5.75 Å². The largest absolute Gasteiger partial charge is 0.492 e. The number of nitrogens with one attached hydrogen (secondary N) is 1. The van der Waals surface area contributed by atoms with Gasteiger partial charge in [0.05, 0.1) is 17.2 Å². The van der Waals surface area contributed by atoms with Gasteiger partial charge in [0.2, 0.25) is 11.8 Å². The number of carbonyl (C=O) groups excluding carboxylic acids is 2. The summed E-state index contributed by atoms with van der Waals surface area (Å²) in [7, 11) is -4.28. The molecule has 2 amide bonds. The molecule has 0 bridgehead atoms. The fraction of sp³-hybridized carbons (Fsp3) is 0.297. The van der Waals surface area contributed by atoms with Gasteiger partial charge in [0, 0.05) is 28.9 Å². The molecule has 0 heterocycles. The van der Waals surface area contributed by atoms with Crippen LogP contribution in [0.2, 0.25) is 5.02 Å². The second-order valence-electron chi connectivity index (χ2n) is 11.3. The first-order valence-electron chi connectivity index (χ1n) is 15.8. The van der Waals surface area contributed by atoms with Crippen LogP contribution in [0.4, 0.5) is 5.69 Å². The average molecular weight is 708 g/mol. The minimum absolute atomic E-state index is 0.0221. The molecule has 4 rings (SSSR count). The van der Waals surface area contributed by atoms with E-state index in [-0.39, 0.29) is 42.1 Å². The summed E-state index contributed by atoms with van der Waals surface area (Å²) in [5.41, 5.74) is 1.76. The SMILES string of the molecule is CCOc1ccccc1N(CC(=O)N(Cc1cccc(Cl)c1)C(Cc1ccccc1)C(=O)NC(C)CC)S(=O)(=O)c1ccc(SC)cc1. The quantitative estimate of drug-likeness (QED) is 0.124. The van der Waals surface area contributed by atoms with E-state index >= 15 is 0 Å². The minimum Gasteiger partial charge on any atom is -0.492 e. The van der Waals surface area contributed by atoms with Gasteiger partial charge in [0.1, 0.15) is 18.3 Å². The number of halogens is 1. The Balaban J connectivity index is 1.85. The second kappa shape index (κ2) is 17.4.